The fourth-order valence-corrected chi connectivity index (χ4v) is 4.56. The van der Waals surface area contributed by atoms with Crippen LogP contribution >= 0.6 is 23.1 Å². The molecule has 0 radical (unpaired) electrons. The minimum Gasteiger partial charge on any atom is -0.397 e. The van der Waals surface area contributed by atoms with Crippen LogP contribution < -0.4 is 16.4 Å². The number of benzene rings is 2. The van der Waals surface area contributed by atoms with Crippen molar-refractivity contribution in [3.8, 4) is 0 Å². The Morgan fingerprint density at radius 3 is 2.63 bits per heavy atom. The molecule has 0 fully saturated rings. The van der Waals surface area contributed by atoms with Crippen molar-refractivity contribution in [3.63, 3.8) is 0 Å². The Kier molecular flexibility index (Phi) is 5.91. The predicted molar refractivity (Wildman–Crippen MR) is 122 cm³/mol. The number of hydrogen-bond acceptors (Lipinski definition) is 6. The van der Waals surface area contributed by atoms with Crippen LogP contribution in [0.4, 0.5) is 21.9 Å². The number of thioether (sulfide) groups is 1. The molecule has 0 aliphatic carbocycles. The molecule has 0 unspecified atom stereocenters. The van der Waals surface area contributed by atoms with Gasteiger partial charge in [-0.1, -0.05) is 12.1 Å². The Hall–Kier alpha value is -3.04. The zero-order chi connectivity index (χ0) is 21.1. The molecule has 1 aromatic heterocycles. The van der Waals surface area contributed by atoms with Gasteiger partial charge >= 0.3 is 6.03 Å². The summed E-state index contributed by atoms with van der Waals surface area (Å²) in [5.74, 6) is -0.294. The van der Waals surface area contributed by atoms with Crippen LogP contribution in [0.5, 0.6) is 0 Å². The summed E-state index contributed by atoms with van der Waals surface area (Å²) < 4.78 is 0. The van der Waals surface area contributed by atoms with E-state index in [4.69, 9.17) is 5.73 Å². The van der Waals surface area contributed by atoms with Crippen LogP contribution in [0.15, 0.2) is 53.4 Å². The second-order valence-electron chi connectivity index (χ2n) is 6.76. The van der Waals surface area contributed by atoms with E-state index in [1.54, 1.807) is 28.8 Å². The van der Waals surface area contributed by atoms with Gasteiger partial charge < -0.3 is 21.3 Å². The van der Waals surface area contributed by atoms with Crippen LogP contribution in [0.2, 0.25) is 0 Å². The van der Waals surface area contributed by atoms with Crippen molar-refractivity contribution in [2.75, 3.05) is 29.2 Å². The number of carbonyl (C=O) groups excluding carboxylic acids is 2. The maximum atomic E-state index is 12.7. The van der Waals surface area contributed by atoms with Crippen molar-refractivity contribution >= 4 is 52.1 Å². The first-order chi connectivity index (χ1) is 14.5. The van der Waals surface area contributed by atoms with Gasteiger partial charge in [-0.2, -0.15) is 0 Å². The summed E-state index contributed by atoms with van der Waals surface area (Å²) >= 11 is 2.97. The maximum Gasteiger partial charge on any atom is 0.322 e. The smallest absolute Gasteiger partial charge is 0.322 e. The Morgan fingerprint density at radius 1 is 1.13 bits per heavy atom. The van der Waals surface area contributed by atoms with Crippen LogP contribution in [0.1, 0.15) is 20.4 Å². The standard InChI is InChI=1S/C21H21N5O2S2/c1-29-14-8-6-13(7-9-14)23-21(28)26-11-10-17-18(12-26)30-20(25-17)19(27)24-16-5-3-2-4-15(16)22/h2-9H,10-12,22H2,1H3,(H,23,28)(H,24,27). The van der Waals surface area contributed by atoms with E-state index in [1.807, 2.05) is 42.7 Å². The van der Waals surface area contributed by atoms with E-state index in [2.05, 4.69) is 15.6 Å². The average molecular weight is 440 g/mol. The van der Waals surface area contributed by atoms with E-state index in [0.29, 0.717) is 35.9 Å². The molecular weight excluding hydrogens is 418 g/mol. The molecule has 2 heterocycles. The van der Waals surface area contributed by atoms with Gasteiger partial charge in [0.1, 0.15) is 0 Å². The SMILES string of the molecule is CSc1ccc(NC(=O)N2CCc3nc(C(=O)Nc4ccccc4N)sc3C2)cc1. The second kappa shape index (κ2) is 8.76. The lowest BCUT2D eigenvalue weighted by atomic mass is 10.2. The normalized spacial score (nSPS) is 12.9. The molecule has 0 saturated carbocycles. The lowest BCUT2D eigenvalue weighted by molar-refractivity contribution is 0.102. The van der Waals surface area contributed by atoms with Crippen LogP contribution in [-0.4, -0.2) is 34.6 Å². The molecule has 0 atom stereocenters. The molecule has 30 heavy (non-hydrogen) atoms. The lowest BCUT2D eigenvalue weighted by Gasteiger charge is -2.26. The quantitative estimate of drug-likeness (QED) is 0.416. The molecule has 4 N–H and O–H groups in total. The van der Waals surface area contributed by atoms with Gasteiger partial charge in [0.15, 0.2) is 5.01 Å². The number of nitrogens with zero attached hydrogens (tertiary/aromatic N) is 2. The monoisotopic (exact) mass is 439 g/mol. The topological polar surface area (TPSA) is 100 Å². The molecule has 7 nitrogen and oxygen atoms in total. The van der Waals surface area contributed by atoms with Gasteiger partial charge in [-0.15, -0.1) is 23.1 Å². The first kappa shape index (κ1) is 20.2. The third kappa shape index (κ3) is 4.42. The van der Waals surface area contributed by atoms with E-state index >= 15 is 0 Å². The number of fused-ring (bicyclic) bond motifs is 1. The molecule has 154 valence electrons. The highest BCUT2D eigenvalue weighted by Gasteiger charge is 2.26. The van der Waals surface area contributed by atoms with E-state index < -0.39 is 0 Å². The molecule has 0 bridgehead atoms. The van der Waals surface area contributed by atoms with Gasteiger partial charge in [0.05, 0.1) is 23.6 Å². The lowest BCUT2D eigenvalue weighted by Crippen LogP contribution is -2.38. The van der Waals surface area contributed by atoms with Crippen molar-refractivity contribution in [1.29, 1.82) is 0 Å². The summed E-state index contributed by atoms with van der Waals surface area (Å²) in [6, 6.07) is 14.7. The zero-order valence-corrected chi connectivity index (χ0v) is 18.0. The Labute approximate surface area is 182 Å². The minimum atomic E-state index is -0.294. The molecule has 1 aliphatic rings. The van der Waals surface area contributed by atoms with Crippen LogP contribution in [0, 0.1) is 0 Å². The fourth-order valence-electron chi connectivity index (χ4n) is 3.13. The number of para-hydroxylation sites is 2. The van der Waals surface area contributed by atoms with Crippen molar-refractivity contribution in [3.05, 3.63) is 64.1 Å². The molecule has 2 aromatic carbocycles. The summed E-state index contributed by atoms with van der Waals surface area (Å²) in [6.45, 7) is 0.987. The van der Waals surface area contributed by atoms with Gasteiger partial charge in [-0.3, -0.25) is 4.79 Å². The number of hydrogen-bond donors (Lipinski definition) is 3. The largest absolute Gasteiger partial charge is 0.397 e. The molecule has 4 rings (SSSR count). The molecular formula is C21H21N5O2S2. The van der Waals surface area contributed by atoms with Crippen molar-refractivity contribution < 1.29 is 9.59 Å². The van der Waals surface area contributed by atoms with Crippen molar-refractivity contribution in [2.45, 2.75) is 17.9 Å². The summed E-state index contributed by atoms with van der Waals surface area (Å²) in [5, 5.41) is 6.11. The number of anilines is 3. The van der Waals surface area contributed by atoms with E-state index in [1.165, 1.54) is 11.3 Å². The minimum absolute atomic E-state index is 0.158. The number of aromatic nitrogens is 1. The highest BCUT2D eigenvalue weighted by Crippen LogP contribution is 2.27. The molecule has 9 heteroatoms. The Balaban J connectivity index is 1.41. The van der Waals surface area contributed by atoms with Gasteiger partial charge in [0.2, 0.25) is 0 Å². The Bertz CT molecular complexity index is 1080. The summed E-state index contributed by atoms with van der Waals surface area (Å²) in [5.41, 5.74) is 8.58. The number of nitrogen functional groups attached to an aromatic ring is 1. The predicted octanol–water partition coefficient (Wildman–Crippen LogP) is 4.29. The highest BCUT2D eigenvalue weighted by atomic mass is 32.2. The molecule has 3 aromatic rings. The number of amides is 3. The third-order valence-electron chi connectivity index (χ3n) is 4.76. The van der Waals surface area contributed by atoms with Gasteiger partial charge in [0, 0.05) is 28.4 Å². The van der Waals surface area contributed by atoms with Crippen LogP contribution in [-0.2, 0) is 13.0 Å². The van der Waals surface area contributed by atoms with Gasteiger partial charge in [-0.05, 0) is 42.7 Å². The van der Waals surface area contributed by atoms with E-state index in [9.17, 15) is 9.59 Å². The average Bonchev–Trinajstić information content (AvgIpc) is 3.19. The number of rotatable bonds is 4. The summed E-state index contributed by atoms with van der Waals surface area (Å²) in [4.78, 5) is 33.5. The van der Waals surface area contributed by atoms with E-state index in [0.717, 1.165) is 21.2 Å². The first-order valence-electron chi connectivity index (χ1n) is 9.38. The number of thiazole rings is 1. The number of urea groups is 1. The first-order valence-corrected chi connectivity index (χ1v) is 11.4. The molecule has 0 spiro atoms. The zero-order valence-electron chi connectivity index (χ0n) is 16.3. The van der Waals surface area contributed by atoms with Crippen LogP contribution in [0.25, 0.3) is 0 Å². The molecule has 1 aliphatic heterocycles. The fraction of sp³-hybridized carbons (Fsp3) is 0.190. The highest BCUT2D eigenvalue weighted by molar-refractivity contribution is 7.98. The van der Waals surface area contributed by atoms with Crippen molar-refractivity contribution in [1.82, 2.24) is 9.88 Å². The van der Waals surface area contributed by atoms with Crippen LogP contribution in [0.3, 0.4) is 0 Å². The molecule has 3 amide bonds. The van der Waals surface area contributed by atoms with Gasteiger partial charge in [0.25, 0.3) is 5.91 Å². The third-order valence-corrected chi connectivity index (χ3v) is 6.59. The van der Waals surface area contributed by atoms with Crippen molar-refractivity contribution in [2.24, 2.45) is 0 Å². The molecule has 0 saturated heterocycles. The number of nitrogens with one attached hydrogen (secondary N) is 2. The summed E-state index contributed by atoms with van der Waals surface area (Å²) in [6.07, 6.45) is 2.63. The summed E-state index contributed by atoms with van der Waals surface area (Å²) in [7, 11) is 0. The maximum absolute atomic E-state index is 12.7. The number of carbonyl (C=O) groups is 2. The number of nitrogens with two attached hydrogens (primary N) is 1. The van der Waals surface area contributed by atoms with Gasteiger partial charge in [-0.25, -0.2) is 9.78 Å². The second-order valence-corrected chi connectivity index (χ2v) is 8.72. The Morgan fingerprint density at radius 2 is 1.90 bits per heavy atom. The van der Waals surface area contributed by atoms with E-state index in [-0.39, 0.29) is 11.9 Å².